The number of carbonyl (C=O) groups excluding carboxylic acids is 1. The molecule has 5 nitrogen and oxygen atoms in total. The van der Waals surface area contributed by atoms with E-state index in [1.165, 1.54) is 18.4 Å². The van der Waals surface area contributed by atoms with Crippen LogP contribution in [-0.4, -0.2) is 42.7 Å². The number of likely N-dealkylation sites (N-methyl/N-ethyl adjacent to an activating group) is 1. The summed E-state index contributed by atoms with van der Waals surface area (Å²) in [5, 5.41) is 15.6. The lowest BCUT2D eigenvalue weighted by atomic mass is 10.0. The van der Waals surface area contributed by atoms with Crippen molar-refractivity contribution in [3.05, 3.63) is 65.7 Å². The highest BCUT2D eigenvalue weighted by Gasteiger charge is 2.33. The number of phenolic OH excluding ortho intramolecular Hbond substituents is 1. The molecule has 144 valence electrons. The van der Waals surface area contributed by atoms with Gasteiger partial charge in [0.05, 0.1) is 6.04 Å². The van der Waals surface area contributed by atoms with Crippen molar-refractivity contribution in [3.63, 3.8) is 0 Å². The van der Waals surface area contributed by atoms with Crippen molar-refractivity contribution < 1.29 is 9.90 Å². The van der Waals surface area contributed by atoms with E-state index < -0.39 is 0 Å². The van der Waals surface area contributed by atoms with Gasteiger partial charge in [0, 0.05) is 12.6 Å². The minimum absolute atomic E-state index is 0.0844. The molecule has 3 rings (SSSR count). The number of nitrogens with zero attached hydrogens (tertiary/aromatic N) is 1. The van der Waals surface area contributed by atoms with Gasteiger partial charge >= 0.3 is 6.03 Å². The molecule has 3 N–H and O–H groups in total. The second-order valence-corrected chi connectivity index (χ2v) is 7.57. The van der Waals surface area contributed by atoms with Gasteiger partial charge < -0.3 is 20.6 Å². The number of aromatic hydroxyl groups is 1. The molecular weight excluding hydrogens is 338 g/mol. The first-order chi connectivity index (χ1) is 13.0. The quantitative estimate of drug-likeness (QED) is 0.671. The van der Waals surface area contributed by atoms with Gasteiger partial charge in [0.1, 0.15) is 5.75 Å². The standard InChI is InChI=1S/C22H29N3O2/c1-25(2)19(14-16-8-12-20(26)13-9-16)15-23-22(27)24-21(18-10-11-18)17-6-4-3-5-7-17/h3-9,12-13,18-19,21,26H,10-11,14-15H2,1-2H3,(H2,23,24,27)/t19-,21+/m0/s1. The van der Waals surface area contributed by atoms with Crippen molar-refractivity contribution >= 4 is 6.03 Å². The van der Waals surface area contributed by atoms with Crippen LogP contribution in [0.5, 0.6) is 5.75 Å². The number of phenols is 1. The first-order valence-electron chi connectivity index (χ1n) is 9.56. The minimum Gasteiger partial charge on any atom is -0.508 e. The van der Waals surface area contributed by atoms with Crippen LogP contribution in [-0.2, 0) is 6.42 Å². The third-order valence-corrected chi connectivity index (χ3v) is 5.17. The summed E-state index contributed by atoms with van der Waals surface area (Å²) in [6, 6.07) is 17.6. The van der Waals surface area contributed by atoms with Gasteiger partial charge in [-0.3, -0.25) is 0 Å². The Morgan fingerprint density at radius 2 is 1.78 bits per heavy atom. The molecule has 2 atom stereocenters. The molecule has 27 heavy (non-hydrogen) atoms. The maximum absolute atomic E-state index is 12.5. The number of carbonyl (C=O) groups is 1. The Morgan fingerprint density at radius 1 is 1.11 bits per heavy atom. The summed E-state index contributed by atoms with van der Waals surface area (Å²) < 4.78 is 0. The fourth-order valence-corrected chi connectivity index (χ4v) is 3.31. The molecule has 5 heteroatoms. The van der Waals surface area contributed by atoms with Gasteiger partial charge in [-0.2, -0.15) is 0 Å². The first kappa shape index (κ1) is 19.2. The Labute approximate surface area is 161 Å². The van der Waals surface area contributed by atoms with Crippen LogP contribution in [0.2, 0.25) is 0 Å². The number of nitrogens with one attached hydrogen (secondary N) is 2. The van der Waals surface area contributed by atoms with E-state index >= 15 is 0 Å². The van der Waals surface area contributed by atoms with E-state index in [4.69, 9.17) is 0 Å². The zero-order valence-electron chi connectivity index (χ0n) is 16.1. The third-order valence-electron chi connectivity index (χ3n) is 5.17. The van der Waals surface area contributed by atoms with Gasteiger partial charge in [-0.05, 0) is 62.5 Å². The molecule has 2 amide bonds. The first-order valence-corrected chi connectivity index (χ1v) is 9.56. The zero-order valence-corrected chi connectivity index (χ0v) is 16.1. The van der Waals surface area contributed by atoms with E-state index in [-0.39, 0.29) is 23.9 Å². The van der Waals surface area contributed by atoms with Crippen LogP contribution < -0.4 is 10.6 Å². The average Bonchev–Trinajstić information content (AvgIpc) is 3.50. The minimum atomic E-state index is -0.117. The summed E-state index contributed by atoms with van der Waals surface area (Å²) in [5.41, 5.74) is 2.30. The Bertz CT molecular complexity index is 727. The molecule has 0 bridgehead atoms. The van der Waals surface area contributed by atoms with Crippen LogP contribution in [0.4, 0.5) is 4.79 Å². The van der Waals surface area contributed by atoms with Gasteiger partial charge in [-0.1, -0.05) is 42.5 Å². The molecule has 1 aliphatic rings. The van der Waals surface area contributed by atoms with Crippen molar-refractivity contribution in [2.24, 2.45) is 5.92 Å². The lowest BCUT2D eigenvalue weighted by molar-refractivity contribution is 0.227. The highest BCUT2D eigenvalue weighted by Crippen LogP contribution is 2.40. The van der Waals surface area contributed by atoms with Gasteiger partial charge in [-0.25, -0.2) is 4.79 Å². The van der Waals surface area contributed by atoms with Crippen LogP contribution in [0.25, 0.3) is 0 Å². The number of hydrogen-bond donors (Lipinski definition) is 3. The van der Waals surface area contributed by atoms with Crippen molar-refractivity contribution in [2.75, 3.05) is 20.6 Å². The second kappa shape index (κ2) is 8.91. The normalized spacial score (nSPS) is 16.0. The van der Waals surface area contributed by atoms with Crippen LogP contribution in [0.3, 0.4) is 0 Å². The number of rotatable bonds is 8. The van der Waals surface area contributed by atoms with Crippen molar-refractivity contribution in [3.8, 4) is 5.75 Å². The van der Waals surface area contributed by atoms with Gasteiger partial charge in [0.2, 0.25) is 0 Å². The summed E-state index contributed by atoms with van der Waals surface area (Å²) in [6.45, 7) is 0.561. The van der Waals surface area contributed by atoms with Crippen LogP contribution in [0.15, 0.2) is 54.6 Å². The fraction of sp³-hybridized carbons (Fsp3) is 0.409. The summed E-state index contributed by atoms with van der Waals surface area (Å²) in [7, 11) is 4.03. The lowest BCUT2D eigenvalue weighted by Gasteiger charge is -2.26. The highest BCUT2D eigenvalue weighted by molar-refractivity contribution is 5.74. The van der Waals surface area contributed by atoms with Crippen LogP contribution >= 0.6 is 0 Å². The monoisotopic (exact) mass is 367 g/mol. The molecule has 0 unspecified atom stereocenters. The Hall–Kier alpha value is -2.53. The maximum Gasteiger partial charge on any atom is 0.315 e. The fourth-order valence-electron chi connectivity index (χ4n) is 3.31. The zero-order chi connectivity index (χ0) is 19.2. The lowest BCUT2D eigenvalue weighted by Crippen LogP contribution is -2.46. The van der Waals surface area contributed by atoms with Crippen LogP contribution in [0, 0.1) is 5.92 Å². The molecule has 0 saturated heterocycles. The molecule has 0 heterocycles. The van der Waals surface area contributed by atoms with E-state index in [9.17, 15) is 9.90 Å². The molecule has 0 aromatic heterocycles. The van der Waals surface area contributed by atoms with E-state index in [2.05, 4.69) is 27.7 Å². The second-order valence-electron chi connectivity index (χ2n) is 7.57. The number of hydrogen-bond acceptors (Lipinski definition) is 3. The molecule has 2 aromatic rings. The number of urea groups is 1. The topological polar surface area (TPSA) is 64.6 Å². The highest BCUT2D eigenvalue weighted by atomic mass is 16.3. The van der Waals surface area contributed by atoms with Crippen molar-refractivity contribution in [2.45, 2.75) is 31.3 Å². The number of amides is 2. The average molecular weight is 367 g/mol. The summed E-state index contributed by atoms with van der Waals surface area (Å²) in [6.07, 6.45) is 3.14. The van der Waals surface area contributed by atoms with E-state index in [0.29, 0.717) is 12.5 Å². The summed E-state index contributed by atoms with van der Waals surface area (Å²) >= 11 is 0. The molecule has 1 aliphatic carbocycles. The van der Waals surface area contributed by atoms with Crippen molar-refractivity contribution in [1.29, 1.82) is 0 Å². The molecule has 2 aromatic carbocycles. The third kappa shape index (κ3) is 5.73. The Morgan fingerprint density at radius 3 is 2.37 bits per heavy atom. The number of benzene rings is 2. The molecule has 0 radical (unpaired) electrons. The molecule has 1 fully saturated rings. The smallest absolute Gasteiger partial charge is 0.315 e. The Kier molecular flexibility index (Phi) is 6.35. The van der Waals surface area contributed by atoms with E-state index in [1.54, 1.807) is 12.1 Å². The van der Waals surface area contributed by atoms with Crippen molar-refractivity contribution in [1.82, 2.24) is 15.5 Å². The molecule has 0 spiro atoms. The van der Waals surface area contributed by atoms with Gasteiger partial charge in [-0.15, -0.1) is 0 Å². The predicted molar refractivity (Wildman–Crippen MR) is 108 cm³/mol. The maximum atomic E-state index is 12.5. The van der Waals surface area contributed by atoms with Gasteiger partial charge in [0.15, 0.2) is 0 Å². The summed E-state index contributed by atoms with van der Waals surface area (Å²) in [5.74, 6) is 0.810. The predicted octanol–water partition coefficient (Wildman–Crippen LogP) is 3.32. The van der Waals surface area contributed by atoms with Gasteiger partial charge in [0.25, 0.3) is 0 Å². The molecule has 0 aliphatic heterocycles. The molecule has 1 saturated carbocycles. The SMILES string of the molecule is CN(C)[C@H](CNC(=O)N[C@H](c1ccccc1)C1CC1)Cc1ccc(O)cc1. The largest absolute Gasteiger partial charge is 0.508 e. The summed E-state index contributed by atoms with van der Waals surface area (Å²) in [4.78, 5) is 14.6. The van der Waals surface area contributed by atoms with Crippen LogP contribution in [0.1, 0.15) is 30.0 Å². The molecular formula is C22H29N3O2. The van der Waals surface area contributed by atoms with E-state index in [1.807, 2.05) is 44.4 Å². The van der Waals surface area contributed by atoms with E-state index in [0.717, 1.165) is 12.0 Å². The Balaban J connectivity index is 1.54.